The van der Waals surface area contributed by atoms with Gasteiger partial charge < -0.3 is 9.47 Å². The standard InChI is InChI=1S/C21H17N3O4S2/c1-27-21-22-12-16(13-23-21)14-6-7-18-17(10-14)24(8-9-28-18)30(25,26)20-11-15-4-2-3-5-19(15)29-20/h2-7,10-13H,8-9H2,1H3. The van der Waals surface area contributed by atoms with Crippen LogP contribution in [0.3, 0.4) is 0 Å². The molecular weight excluding hydrogens is 422 g/mol. The molecule has 0 radical (unpaired) electrons. The smallest absolute Gasteiger partial charge is 0.316 e. The van der Waals surface area contributed by atoms with Gasteiger partial charge in [0.05, 0.1) is 19.3 Å². The van der Waals surface area contributed by atoms with Gasteiger partial charge in [-0.05, 0) is 35.2 Å². The average Bonchev–Trinajstić information content (AvgIpc) is 3.24. The highest BCUT2D eigenvalue weighted by molar-refractivity contribution is 7.95. The SMILES string of the molecule is COc1ncc(-c2ccc3c(c2)N(S(=O)(=O)c2cc4ccccc4s2)CCO3)cn1. The zero-order valence-electron chi connectivity index (χ0n) is 16.0. The molecule has 0 N–H and O–H groups in total. The largest absolute Gasteiger partial charge is 0.489 e. The van der Waals surface area contributed by atoms with Crippen molar-refractivity contribution in [2.75, 3.05) is 24.6 Å². The fraction of sp³-hybridized carbons (Fsp3) is 0.143. The first-order valence-corrected chi connectivity index (χ1v) is 11.5. The Balaban J connectivity index is 1.58. The second-order valence-electron chi connectivity index (χ2n) is 6.67. The number of aromatic nitrogens is 2. The summed E-state index contributed by atoms with van der Waals surface area (Å²) >= 11 is 1.27. The van der Waals surface area contributed by atoms with Crippen molar-refractivity contribution in [2.24, 2.45) is 0 Å². The summed E-state index contributed by atoms with van der Waals surface area (Å²) in [5.41, 5.74) is 2.05. The van der Waals surface area contributed by atoms with Gasteiger partial charge in [0, 0.05) is 22.7 Å². The summed E-state index contributed by atoms with van der Waals surface area (Å²) < 4.78 is 40.4. The van der Waals surface area contributed by atoms with Gasteiger partial charge in [0.2, 0.25) is 0 Å². The molecular formula is C21H17N3O4S2. The predicted octanol–water partition coefficient (Wildman–Crippen LogP) is 3.95. The summed E-state index contributed by atoms with van der Waals surface area (Å²) in [5.74, 6) is 0.532. The van der Waals surface area contributed by atoms with E-state index in [4.69, 9.17) is 9.47 Å². The fourth-order valence-electron chi connectivity index (χ4n) is 3.39. The molecule has 2 aromatic carbocycles. The molecule has 0 spiro atoms. The highest BCUT2D eigenvalue weighted by atomic mass is 32.2. The van der Waals surface area contributed by atoms with Crippen LogP contribution < -0.4 is 13.8 Å². The molecule has 0 amide bonds. The Kier molecular flexibility index (Phi) is 4.56. The number of hydrogen-bond acceptors (Lipinski definition) is 7. The number of ether oxygens (including phenoxy) is 2. The maximum atomic E-state index is 13.5. The Morgan fingerprint density at radius 1 is 1.07 bits per heavy atom. The number of benzene rings is 2. The number of fused-ring (bicyclic) bond motifs is 2. The van der Waals surface area contributed by atoms with Crippen molar-refractivity contribution >= 4 is 37.1 Å². The van der Waals surface area contributed by atoms with Crippen molar-refractivity contribution in [2.45, 2.75) is 4.21 Å². The van der Waals surface area contributed by atoms with E-state index in [0.717, 1.165) is 21.2 Å². The Morgan fingerprint density at radius 2 is 1.87 bits per heavy atom. The summed E-state index contributed by atoms with van der Waals surface area (Å²) in [7, 11) is -2.22. The van der Waals surface area contributed by atoms with Crippen LogP contribution in [0.2, 0.25) is 0 Å². The lowest BCUT2D eigenvalue weighted by Gasteiger charge is -2.30. The van der Waals surface area contributed by atoms with Crippen LogP contribution in [-0.2, 0) is 10.0 Å². The van der Waals surface area contributed by atoms with Gasteiger partial charge in [-0.2, -0.15) is 0 Å². The van der Waals surface area contributed by atoms with Gasteiger partial charge in [-0.1, -0.05) is 24.3 Å². The number of sulfonamides is 1. The summed E-state index contributed by atoms with van der Waals surface area (Å²) in [4.78, 5) is 8.26. The number of nitrogens with zero attached hydrogens (tertiary/aromatic N) is 3. The monoisotopic (exact) mass is 439 g/mol. The van der Waals surface area contributed by atoms with E-state index in [-0.39, 0.29) is 12.6 Å². The van der Waals surface area contributed by atoms with Crippen LogP contribution in [0.4, 0.5) is 5.69 Å². The molecule has 3 heterocycles. The summed E-state index contributed by atoms with van der Waals surface area (Å²) in [6, 6.07) is 15.1. The van der Waals surface area contributed by atoms with E-state index in [1.807, 2.05) is 30.3 Å². The number of thiophene rings is 1. The first-order valence-electron chi connectivity index (χ1n) is 9.21. The van der Waals surface area contributed by atoms with E-state index < -0.39 is 10.0 Å². The predicted molar refractivity (Wildman–Crippen MR) is 116 cm³/mol. The minimum Gasteiger partial charge on any atom is -0.489 e. The number of rotatable bonds is 4. The van der Waals surface area contributed by atoms with Gasteiger partial charge in [-0.25, -0.2) is 18.4 Å². The normalized spacial score (nSPS) is 13.7. The van der Waals surface area contributed by atoms with Crippen LogP contribution in [0, 0.1) is 0 Å². The van der Waals surface area contributed by atoms with Gasteiger partial charge in [-0.15, -0.1) is 11.3 Å². The molecule has 0 atom stereocenters. The second-order valence-corrected chi connectivity index (χ2v) is 9.84. The fourth-order valence-corrected chi connectivity index (χ4v) is 6.35. The van der Waals surface area contributed by atoms with Crippen LogP contribution in [0.5, 0.6) is 11.8 Å². The molecule has 4 aromatic rings. The van der Waals surface area contributed by atoms with E-state index in [2.05, 4.69) is 9.97 Å². The van der Waals surface area contributed by atoms with Crippen molar-refractivity contribution in [3.05, 3.63) is 60.9 Å². The van der Waals surface area contributed by atoms with Crippen LogP contribution in [0.15, 0.2) is 65.1 Å². The van der Waals surface area contributed by atoms with Gasteiger partial charge in [0.1, 0.15) is 16.6 Å². The van der Waals surface area contributed by atoms with Gasteiger partial charge >= 0.3 is 6.01 Å². The maximum absolute atomic E-state index is 13.5. The first kappa shape index (κ1) is 18.8. The van der Waals surface area contributed by atoms with Crippen molar-refractivity contribution < 1.29 is 17.9 Å². The molecule has 1 aliphatic rings. The molecule has 0 saturated heterocycles. The lowest BCUT2D eigenvalue weighted by Crippen LogP contribution is -2.37. The molecule has 0 bridgehead atoms. The lowest BCUT2D eigenvalue weighted by molar-refractivity contribution is 0.316. The topological polar surface area (TPSA) is 81.6 Å². The minimum absolute atomic E-state index is 0.242. The molecule has 152 valence electrons. The van der Waals surface area contributed by atoms with E-state index >= 15 is 0 Å². The third-order valence-corrected chi connectivity index (χ3v) is 8.25. The second kappa shape index (κ2) is 7.26. The zero-order valence-corrected chi connectivity index (χ0v) is 17.6. The Bertz CT molecular complexity index is 1300. The molecule has 30 heavy (non-hydrogen) atoms. The quantitative estimate of drug-likeness (QED) is 0.479. The molecule has 0 saturated carbocycles. The summed E-state index contributed by atoms with van der Waals surface area (Å²) in [6.45, 7) is 0.536. The Morgan fingerprint density at radius 3 is 2.63 bits per heavy atom. The van der Waals surface area contributed by atoms with Crippen molar-refractivity contribution in [3.8, 4) is 22.9 Å². The van der Waals surface area contributed by atoms with Crippen molar-refractivity contribution in [1.29, 1.82) is 0 Å². The molecule has 9 heteroatoms. The molecule has 2 aromatic heterocycles. The van der Waals surface area contributed by atoms with Crippen LogP contribution >= 0.6 is 11.3 Å². The molecule has 0 unspecified atom stereocenters. The van der Waals surface area contributed by atoms with E-state index in [1.165, 1.54) is 22.8 Å². The van der Waals surface area contributed by atoms with Crippen LogP contribution in [-0.4, -0.2) is 38.6 Å². The van der Waals surface area contributed by atoms with E-state index in [0.29, 0.717) is 22.3 Å². The average molecular weight is 440 g/mol. The molecule has 0 fully saturated rings. The zero-order chi connectivity index (χ0) is 20.7. The number of anilines is 1. The third kappa shape index (κ3) is 3.16. The molecule has 0 aliphatic carbocycles. The maximum Gasteiger partial charge on any atom is 0.316 e. The molecule has 7 nitrogen and oxygen atoms in total. The van der Waals surface area contributed by atoms with Gasteiger partial charge in [-0.3, -0.25) is 4.31 Å². The summed E-state index contributed by atoms with van der Waals surface area (Å²) in [5, 5.41) is 0.915. The highest BCUT2D eigenvalue weighted by Crippen LogP contribution is 2.40. The van der Waals surface area contributed by atoms with Gasteiger partial charge in [0.25, 0.3) is 10.0 Å². The van der Waals surface area contributed by atoms with Crippen LogP contribution in [0.25, 0.3) is 21.2 Å². The minimum atomic E-state index is -3.73. The Hall–Kier alpha value is -3.17. The number of hydrogen-bond donors (Lipinski definition) is 0. The Labute approximate surface area is 177 Å². The van der Waals surface area contributed by atoms with Crippen molar-refractivity contribution in [1.82, 2.24) is 9.97 Å². The first-order chi connectivity index (χ1) is 14.6. The lowest BCUT2D eigenvalue weighted by atomic mass is 10.1. The number of methoxy groups -OCH3 is 1. The van der Waals surface area contributed by atoms with E-state index in [1.54, 1.807) is 30.6 Å². The van der Waals surface area contributed by atoms with Gasteiger partial charge in [0.15, 0.2) is 0 Å². The highest BCUT2D eigenvalue weighted by Gasteiger charge is 2.31. The summed E-state index contributed by atoms with van der Waals surface area (Å²) in [6.07, 6.45) is 3.28. The molecule has 5 rings (SSSR count). The van der Waals surface area contributed by atoms with Crippen molar-refractivity contribution in [3.63, 3.8) is 0 Å². The van der Waals surface area contributed by atoms with E-state index in [9.17, 15) is 8.42 Å². The molecule has 1 aliphatic heterocycles. The third-order valence-electron chi connectivity index (χ3n) is 4.87. The van der Waals surface area contributed by atoms with Crippen LogP contribution in [0.1, 0.15) is 0 Å².